The molecule has 0 radical (unpaired) electrons. The van der Waals surface area contributed by atoms with E-state index in [1.165, 1.54) is 6.07 Å². The third-order valence-electron chi connectivity index (χ3n) is 2.78. The molecule has 0 N–H and O–H groups in total. The topological polar surface area (TPSA) is 40.1 Å². The number of rotatable bonds is 4. The number of halogens is 1. The minimum absolute atomic E-state index is 0. The summed E-state index contributed by atoms with van der Waals surface area (Å²) in [6.45, 7) is 0. The van der Waals surface area contributed by atoms with E-state index < -0.39 is 5.97 Å². The van der Waals surface area contributed by atoms with Crippen molar-refractivity contribution in [2.45, 2.75) is 12.8 Å². The molecule has 19 heavy (non-hydrogen) atoms. The van der Waals surface area contributed by atoms with Gasteiger partial charge in [-0.15, -0.1) is 0 Å². The molecule has 0 heterocycles. The van der Waals surface area contributed by atoms with Gasteiger partial charge in [-0.1, -0.05) is 42.5 Å². The van der Waals surface area contributed by atoms with E-state index in [4.69, 9.17) is 0 Å². The molecule has 2 nitrogen and oxygen atoms in total. The predicted molar refractivity (Wildman–Crippen MR) is 65.2 cm³/mol. The number of carbonyl (C=O) groups excluding carboxylic acids is 1. The summed E-state index contributed by atoms with van der Waals surface area (Å²) in [4.78, 5) is 10.5. The Labute approximate surface area is 133 Å². The molecule has 2 rings (SSSR count). The summed E-state index contributed by atoms with van der Waals surface area (Å²) in [5.41, 5.74) is 2.04. The van der Waals surface area contributed by atoms with E-state index in [2.05, 4.69) is 0 Å². The van der Waals surface area contributed by atoms with Gasteiger partial charge in [0.1, 0.15) is 5.82 Å². The van der Waals surface area contributed by atoms with Crippen LogP contribution in [0.5, 0.6) is 0 Å². The zero-order valence-corrected chi connectivity index (χ0v) is 12.7. The first-order valence-electron chi connectivity index (χ1n) is 5.71. The van der Waals surface area contributed by atoms with Crippen LogP contribution in [0.15, 0.2) is 48.5 Å². The summed E-state index contributed by atoms with van der Waals surface area (Å²) in [7, 11) is 0. The summed E-state index contributed by atoms with van der Waals surface area (Å²) in [6.07, 6.45) is -0.0417. The van der Waals surface area contributed by atoms with Gasteiger partial charge in [-0.2, -0.15) is 0 Å². The summed E-state index contributed by atoms with van der Waals surface area (Å²) in [5, 5.41) is 10.5. The largest absolute Gasteiger partial charge is 1.00 e. The average molecular weight is 266 g/mol. The third-order valence-corrected chi connectivity index (χ3v) is 2.78. The standard InChI is InChI=1S/C15H13FO2.Na/c16-14-8-4-7-12(11-5-2-1-3-6-11)13(14)9-10-15(17)18;/h1-8H,9-10H2,(H,17,18);/q;+1/p-1. The molecule has 0 aliphatic carbocycles. The van der Waals surface area contributed by atoms with E-state index >= 15 is 0 Å². The predicted octanol–water partition coefficient (Wildman–Crippen LogP) is -0.821. The maximum Gasteiger partial charge on any atom is 1.00 e. The number of carboxylic acid groups (broad SMARTS) is 1. The number of hydrogen-bond donors (Lipinski definition) is 0. The molecule has 0 spiro atoms. The van der Waals surface area contributed by atoms with Crippen molar-refractivity contribution in [3.63, 3.8) is 0 Å². The van der Waals surface area contributed by atoms with Crippen molar-refractivity contribution >= 4 is 5.97 Å². The SMILES string of the molecule is O=C([O-])CCc1c(F)cccc1-c1ccccc1.[Na+]. The van der Waals surface area contributed by atoms with Crippen molar-refractivity contribution in [1.82, 2.24) is 0 Å². The van der Waals surface area contributed by atoms with Gasteiger partial charge < -0.3 is 9.90 Å². The average Bonchev–Trinajstić information content (AvgIpc) is 2.38. The van der Waals surface area contributed by atoms with Crippen LogP contribution in [0.25, 0.3) is 11.1 Å². The Hall–Kier alpha value is -1.16. The van der Waals surface area contributed by atoms with Crippen molar-refractivity contribution in [2.75, 3.05) is 0 Å². The minimum atomic E-state index is -1.17. The zero-order valence-electron chi connectivity index (χ0n) is 10.7. The summed E-state index contributed by atoms with van der Waals surface area (Å²) < 4.78 is 13.8. The van der Waals surface area contributed by atoms with Crippen LogP contribution in [0.3, 0.4) is 0 Å². The maximum atomic E-state index is 13.8. The maximum absolute atomic E-state index is 13.8. The Balaban J connectivity index is 0.00000180. The van der Waals surface area contributed by atoms with Gasteiger partial charge in [-0.05, 0) is 35.6 Å². The van der Waals surface area contributed by atoms with Crippen molar-refractivity contribution in [3.8, 4) is 11.1 Å². The summed E-state index contributed by atoms with van der Waals surface area (Å²) in [6, 6.07) is 14.1. The Kier molecular flexibility index (Phi) is 6.22. The van der Waals surface area contributed by atoms with Crippen LogP contribution in [0, 0.1) is 5.82 Å². The zero-order chi connectivity index (χ0) is 13.0. The third kappa shape index (κ3) is 4.16. The Morgan fingerprint density at radius 1 is 1.05 bits per heavy atom. The van der Waals surface area contributed by atoms with Crippen LogP contribution in [0.1, 0.15) is 12.0 Å². The molecule has 2 aromatic carbocycles. The van der Waals surface area contributed by atoms with E-state index in [9.17, 15) is 14.3 Å². The monoisotopic (exact) mass is 266 g/mol. The molecule has 0 saturated carbocycles. The number of carbonyl (C=O) groups is 1. The Bertz CT molecular complexity index is 555. The van der Waals surface area contributed by atoms with Crippen LogP contribution < -0.4 is 34.7 Å². The van der Waals surface area contributed by atoms with Crippen LogP contribution in [-0.2, 0) is 11.2 Å². The molecule has 0 bridgehead atoms. The minimum Gasteiger partial charge on any atom is -0.550 e. The van der Waals surface area contributed by atoms with Crippen molar-refractivity contribution in [2.24, 2.45) is 0 Å². The first kappa shape index (κ1) is 15.9. The number of hydrogen-bond acceptors (Lipinski definition) is 2. The van der Waals surface area contributed by atoms with Gasteiger partial charge in [-0.3, -0.25) is 0 Å². The molecule has 0 aliphatic rings. The number of carboxylic acids is 1. The van der Waals surface area contributed by atoms with Crippen LogP contribution in [0.4, 0.5) is 4.39 Å². The van der Waals surface area contributed by atoms with E-state index in [0.717, 1.165) is 11.1 Å². The van der Waals surface area contributed by atoms with E-state index in [0.29, 0.717) is 5.56 Å². The molecule has 0 aromatic heterocycles. The van der Waals surface area contributed by atoms with Crippen molar-refractivity contribution in [3.05, 3.63) is 59.9 Å². The van der Waals surface area contributed by atoms with Gasteiger partial charge in [0.25, 0.3) is 0 Å². The first-order valence-corrected chi connectivity index (χ1v) is 5.71. The quantitative estimate of drug-likeness (QED) is 0.678. The fourth-order valence-electron chi connectivity index (χ4n) is 1.93. The fraction of sp³-hybridized carbons (Fsp3) is 0.133. The van der Waals surface area contributed by atoms with E-state index in [1.807, 2.05) is 30.3 Å². The van der Waals surface area contributed by atoms with Gasteiger partial charge in [0.2, 0.25) is 0 Å². The molecule has 0 unspecified atom stereocenters. The molecular formula is C15H12FNaO2. The molecule has 2 aromatic rings. The summed E-state index contributed by atoms with van der Waals surface area (Å²) in [5.74, 6) is -1.55. The van der Waals surface area contributed by atoms with Crippen molar-refractivity contribution in [1.29, 1.82) is 0 Å². The smallest absolute Gasteiger partial charge is 0.550 e. The van der Waals surface area contributed by atoms with Crippen molar-refractivity contribution < 1.29 is 43.8 Å². The van der Waals surface area contributed by atoms with Gasteiger partial charge in [0.15, 0.2) is 0 Å². The molecule has 92 valence electrons. The normalized spacial score (nSPS) is 9.74. The van der Waals surface area contributed by atoms with Crippen LogP contribution in [-0.4, -0.2) is 5.97 Å². The Morgan fingerprint density at radius 2 is 1.74 bits per heavy atom. The molecule has 0 saturated heterocycles. The molecule has 4 heteroatoms. The second-order valence-electron chi connectivity index (χ2n) is 4.00. The fourth-order valence-corrected chi connectivity index (χ4v) is 1.93. The van der Waals surface area contributed by atoms with Gasteiger partial charge in [0, 0.05) is 5.97 Å². The molecule has 0 fully saturated rings. The first-order chi connectivity index (χ1) is 8.68. The van der Waals surface area contributed by atoms with Gasteiger partial charge in [0.05, 0.1) is 0 Å². The van der Waals surface area contributed by atoms with Crippen LogP contribution >= 0.6 is 0 Å². The van der Waals surface area contributed by atoms with E-state index in [1.54, 1.807) is 12.1 Å². The molecule has 0 atom stereocenters. The number of aliphatic carboxylic acids is 1. The molecular weight excluding hydrogens is 254 g/mol. The summed E-state index contributed by atoms with van der Waals surface area (Å²) >= 11 is 0. The molecule has 0 aliphatic heterocycles. The van der Waals surface area contributed by atoms with E-state index in [-0.39, 0.29) is 48.2 Å². The second-order valence-corrected chi connectivity index (χ2v) is 4.00. The molecule has 0 amide bonds. The van der Waals surface area contributed by atoms with Gasteiger partial charge >= 0.3 is 29.6 Å². The van der Waals surface area contributed by atoms with Crippen LogP contribution in [0.2, 0.25) is 0 Å². The Morgan fingerprint density at radius 3 is 2.37 bits per heavy atom. The second kappa shape index (κ2) is 7.43. The van der Waals surface area contributed by atoms with Gasteiger partial charge in [-0.25, -0.2) is 4.39 Å². The number of benzene rings is 2.